The third kappa shape index (κ3) is 4.47. The number of benzene rings is 2. The minimum absolute atomic E-state index is 0.267. The summed E-state index contributed by atoms with van der Waals surface area (Å²) in [6, 6.07) is 21.2. The zero-order valence-electron chi connectivity index (χ0n) is 14.5. The molecule has 3 rings (SSSR count). The Morgan fingerprint density at radius 3 is 2.54 bits per heavy atom. The van der Waals surface area contributed by atoms with E-state index >= 15 is 0 Å². The summed E-state index contributed by atoms with van der Waals surface area (Å²) in [5, 5.41) is 18.8. The third-order valence-corrected chi connectivity index (χ3v) is 4.07. The molecule has 0 radical (unpaired) electrons. The van der Waals surface area contributed by atoms with Gasteiger partial charge >= 0.3 is 0 Å². The van der Waals surface area contributed by atoms with Gasteiger partial charge in [0.15, 0.2) is 0 Å². The van der Waals surface area contributed by atoms with E-state index in [2.05, 4.69) is 11.1 Å². The maximum absolute atomic E-state index is 9.78. The van der Waals surface area contributed by atoms with Crippen molar-refractivity contribution < 1.29 is 9.84 Å². The van der Waals surface area contributed by atoms with Gasteiger partial charge in [0.1, 0.15) is 11.9 Å². The van der Waals surface area contributed by atoms with E-state index in [4.69, 9.17) is 10.00 Å². The van der Waals surface area contributed by atoms with Gasteiger partial charge in [-0.25, -0.2) is 0 Å². The molecule has 0 fully saturated rings. The molecule has 4 nitrogen and oxygen atoms in total. The summed E-state index contributed by atoms with van der Waals surface area (Å²) in [7, 11) is 0. The summed E-state index contributed by atoms with van der Waals surface area (Å²) < 4.78 is 6.09. The van der Waals surface area contributed by atoms with Crippen LogP contribution in [0.4, 0.5) is 0 Å². The standard InChI is InChI=1S/C22H20N2O2/c1-16(25)12-22(20-6-3-11-24-15-20)26-21-9-7-18(8-10-21)19-5-2-4-17(13-19)14-23/h2-11,13,15-16,22,25H,12H2,1H3. The molecule has 0 aliphatic heterocycles. The first kappa shape index (κ1) is 17.7. The largest absolute Gasteiger partial charge is 0.486 e. The highest BCUT2D eigenvalue weighted by Gasteiger charge is 2.16. The van der Waals surface area contributed by atoms with Gasteiger partial charge in [0.2, 0.25) is 0 Å². The third-order valence-electron chi connectivity index (χ3n) is 4.07. The predicted octanol–water partition coefficient (Wildman–Crippen LogP) is 4.51. The molecule has 130 valence electrons. The Balaban J connectivity index is 1.79. The van der Waals surface area contributed by atoms with Gasteiger partial charge in [-0.1, -0.05) is 30.3 Å². The zero-order valence-corrected chi connectivity index (χ0v) is 14.5. The molecule has 0 amide bonds. The minimum atomic E-state index is -0.479. The number of aliphatic hydroxyl groups excluding tert-OH is 1. The van der Waals surface area contributed by atoms with E-state index in [9.17, 15) is 5.11 Å². The second-order valence-corrected chi connectivity index (χ2v) is 6.19. The average molecular weight is 344 g/mol. The lowest BCUT2D eigenvalue weighted by molar-refractivity contribution is 0.106. The maximum Gasteiger partial charge on any atom is 0.128 e. The normalized spacial score (nSPS) is 12.8. The fourth-order valence-corrected chi connectivity index (χ4v) is 2.79. The molecule has 2 aromatic carbocycles. The Hall–Kier alpha value is -3.16. The molecule has 2 atom stereocenters. The van der Waals surface area contributed by atoms with Crippen LogP contribution in [0.5, 0.6) is 5.75 Å². The van der Waals surface area contributed by atoms with Crippen LogP contribution >= 0.6 is 0 Å². The van der Waals surface area contributed by atoms with Crippen molar-refractivity contribution in [2.45, 2.75) is 25.6 Å². The average Bonchev–Trinajstić information content (AvgIpc) is 2.68. The van der Waals surface area contributed by atoms with Crippen LogP contribution in [0.25, 0.3) is 11.1 Å². The molecule has 0 saturated carbocycles. The number of rotatable bonds is 6. The van der Waals surface area contributed by atoms with Crippen molar-refractivity contribution in [3.8, 4) is 22.9 Å². The van der Waals surface area contributed by atoms with E-state index in [1.807, 2.05) is 54.6 Å². The van der Waals surface area contributed by atoms with E-state index in [0.717, 1.165) is 22.4 Å². The lowest BCUT2D eigenvalue weighted by Gasteiger charge is -2.21. The highest BCUT2D eigenvalue weighted by Crippen LogP contribution is 2.28. The van der Waals surface area contributed by atoms with Crippen LogP contribution in [0.15, 0.2) is 73.1 Å². The first-order valence-electron chi connectivity index (χ1n) is 8.51. The summed E-state index contributed by atoms with van der Waals surface area (Å²) in [5.41, 5.74) is 3.57. The van der Waals surface area contributed by atoms with Crippen molar-refractivity contribution in [1.29, 1.82) is 5.26 Å². The number of pyridine rings is 1. The molecule has 26 heavy (non-hydrogen) atoms. The van der Waals surface area contributed by atoms with Crippen molar-refractivity contribution in [2.24, 2.45) is 0 Å². The Kier molecular flexibility index (Phi) is 5.62. The van der Waals surface area contributed by atoms with Crippen LogP contribution in [0.2, 0.25) is 0 Å². The SMILES string of the molecule is CC(O)CC(Oc1ccc(-c2cccc(C#N)c2)cc1)c1cccnc1. The minimum Gasteiger partial charge on any atom is -0.486 e. The number of nitriles is 1. The number of hydrogen-bond donors (Lipinski definition) is 1. The molecule has 1 aromatic heterocycles. The maximum atomic E-state index is 9.78. The predicted molar refractivity (Wildman–Crippen MR) is 100 cm³/mol. The van der Waals surface area contributed by atoms with Gasteiger partial charge in [-0.05, 0) is 48.4 Å². The van der Waals surface area contributed by atoms with Crippen molar-refractivity contribution in [1.82, 2.24) is 4.98 Å². The number of ether oxygens (including phenoxy) is 1. The fourth-order valence-electron chi connectivity index (χ4n) is 2.79. The molecule has 2 unspecified atom stereocenters. The molecule has 1 N–H and O–H groups in total. The van der Waals surface area contributed by atoms with E-state index in [-0.39, 0.29) is 6.10 Å². The second kappa shape index (κ2) is 8.28. The van der Waals surface area contributed by atoms with E-state index < -0.39 is 6.10 Å². The zero-order chi connectivity index (χ0) is 18.4. The lowest BCUT2D eigenvalue weighted by Crippen LogP contribution is -2.14. The fraction of sp³-hybridized carbons (Fsp3) is 0.182. The number of aromatic nitrogens is 1. The van der Waals surface area contributed by atoms with Crippen LogP contribution in [-0.4, -0.2) is 16.2 Å². The highest BCUT2D eigenvalue weighted by molar-refractivity contribution is 5.65. The first-order chi connectivity index (χ1) is 12.7. The van der Waals surface area contributed by atoms with Gasteiger partial charge in [-0.15, -0.1) is 0 Å². The summed E-state index contributed by atoms with van der Waals surface area (Å²) in [5.74, 6) is 0.722. The van der Waals surface area contributed by atoms with Crippen molar-refractivity contribution >= 4 is 0 Å². The van der Waals surface area contributed by atoms with Gasteiger partial charge in [0.05, 0.1) is 17.7 Å². The van der Waals surface area contributed by atoms with Crippen LogP contribution < -0.4 is 4.74 Å². The Morgan fingerprint density at radius 1 is 1.08 bits per heavy atom. The highest BCUT2D eigenvalue weighted by atomic mass is 16.5. The molecule has 0 saturated heterocycles. The monoisotopic (exact) mass is 344 g/mol. The molecule has 3 aromatic rings. The Bertz CT molecular complexity index is 884. The lowest BCUT2D eigenvalue weighted by atomic mass is 10.0. The molecular formula is C22H20N2O2. The topological polar surface area (TPSA) is 66.1 Å². The Morgan fingerprint density at radius 2 is 1.88 bits per heavy atom. The van der Waals surface area contributed by atoms with Crippen LogP contribution in [-0.2, 0) is 0 Å². The van der Waals surface area contributed by atoms with E-state index in [1.54, 1.807) is 25.4 Å². The number of hydrogen-bond acceptors (Lipinski definition) is 4. The smallest absolute Gasteiger partial charge is 0.128 e. The summed E-state index contributed by atoms with van der Waals surface area (Å²) in [6.45, 7) is 1.75. The molecular weight excluding hydrogens is 324 g/mol. The molecule has 0 aliphatic carbocycles. The Labute approximate surface area is 153 Å². The summed E-state index contributed by atoms with van der Waals surface area (Å²) in [4.78, 5) is 4.14. The van der Waals surface area contributed by atoms with Gasteiger partial charge in [0.25, 0.3) is 0 Å². The van der Waals surface area contributed by atoms with Crippen LogP contribution in [0.1, 0.15) is 30.6 Å². The number of nitrogens with zero attached hydrogens (tertiary/aromatic N) is 2. The molecule has 0 aliphatic rings. The molecule has 0 bridgehead atoms. The second-order valence-electron chi connectivity index (χ2n) is 6.19. The molecule has 1 heterocycles. The summed E-state index contributed by atoms with van der Waals surface area (Å²) >= 11 is 0. The van der Waals surface area contributed by atoms with Gasteiger partial charge < -0.3 is 9.84 Å². The quantitative estimate of drug-likeness (QED) is 0.714. The van der Waals surface area contributed by atoms with Crippen molar-refractivity contribution in [3.63, 3.8) is 0 Å². The molecule has 4 heteroatoms. The summed E-state index contributed by atoms with van der Waals surface area (Å²) in [6.07, 6.45) is 3.21. The van der Waals surface area contributed by atoms with Gasteiger partial charge in [-0.2, -0.15) is 5.26 Å². The van der Waals surface area contributed by atoms with Gasteiger partial charge in [0, 0.05) is 24.4 Å². The van der Waals surface area contributed by atoms with Crippen molar-refractivity contribution in [2.75, 3.05) is 0 Å². The van der Waals surface area contributed by atoms with Crippen LogP contribution in [0, 0.1) is 11.3 Å². The van der Waals surface area contributed by atoms with E-state index in [0.29, 0.717) is 12.0 Å². The number of aliphatic hydroxyl groups is 1. The molecule has 0 spiro atoms. The van der Waals surface area contributed by atoms with Gasteiger partial charge in [-0.3, -0.25) is 4.98 Å². The first-order valence-corrected chi connectivity index (χ1v) is 8.51. The van der Waals surface area contributed by atoms with Crippen molar-refractivity contribution in [3.05, 3.63) is 84.2 Å². The van der Waals surface area contributed by atoms with Crippen LogP contribution in [0.3, 0.4) is 0 Å². The van der Waals surface area contributed by atoms with E-state index in [1.165, 1.54) is 0 Å².